The van der Waals surface area contributed by atoms with Crippen LogP contribution in [0.5, 0.6) is 11.5 Å². The molecule has 0 heterocycles. The van der Waals surface area contributed by atoms with Gasteiger partial charge in [-0.25, -0.2) is 0 Å². The monoisotopic (exact) mass is 528 g/mol. The van der Waals surface area contributed by atoms with Crippen molar-refractivity contribution in [1.29, 1.82) is 0 Å². The largest absolute Gasteiger partial charge is 0.507 e. The summed E-state index contributed by atoms with van der Waals surface area (Å²) in [5.74, 6) is 0.614. The quantitative estimate of drug-likeness (QED) is 0.327. The van der Waals surface area contributed by atoms with Gasteiger partial charge < -0.3 is 14.6 Å². The van der Waals surface area contributed by atoms with E-state index in [0.717, 1.165) is 73.2 Å². The molecule has 0 fully saturated rings. The molecule has 202 valence electrons. The van der Waals surface area contributed by atoms with Gasteiger partial charge in [0.1, 0.15) is 11.5 Å². The highest BCUT2D eigenvalue weighted by molar-refractivity contribution is 6.70. The fourth-order valence-electron chi connectivity index (χ4n) is 6.42. The van der Waals surface area contributed by atoms with E-state index in [1.165, 1.54) is 39.8 Å². The third kappa shape index (κ3) is 5.18. The summed E-state index contributed by atoms with van der Waals surface area (Å²) in [5, 5.41) is 23.4. The van der Waals surface area contributed by atoms with E-state index in [1.807, 2.05) is 13.2 Å². The second kappa shape index (κ2) is 10.2. The Morgan fingerprint density at radius 3 is 2.08 bits per heavy atom. The SMILES string of the molecule is CO[Si](C)(C)Cc1cc(-c2cc3c(c(-c4c(O)ccc5c4CCCC5)c2O)CCCC3)cc(C(C)(C)C)c1. The normalized spacial score (nSPS) is 15.7. The zero-order valence-corrected chi connectivity index (χ0v) is 25.1. The molecule has 0 unspecified atom stereocenters. The molecule has 2 aliphatic carbocycles. The van der Waals surface area contributed by atoms with Crippen LogP contribution in [0.3, 0.4) is 0 Å². The van der Waals surface area contributed by atoms with Gasteiger partial charge in [0.15, 0.2) is 8.32 Å². The Morgan fingerprint density at radius 2 is 1.42 bits per heavy atom. The van der Waals surface area contributed by atoms with Crippen molar-refractivity contribution in [2.24, 2.45) is 0 Å². The molecule has 0 bridgehead atoms. The van der Waals surface area contributed by atoms with Gasteiger partial charge in [0, 0.05) is 23.8 Å². The number of aryl methyl sites for hydroxylation is 2. The average Bonchev–Trinajstić information content (AvgIpc) is 2.88. The molecule has 2 N–H and O–H groups in total. The Balaban J connectivity index is 1.78. The first kappa shape index (κ1) is 27.0. The van der Waals surface area contributed by atoms with Gasteiger partial charge in [-0.15, -0.1) is 0 Å². The summed E-state index contributed by atoms with van der Waals surface area (Å²) in [7, 11) is -0.0154. The van der Waals surface area contributed by atoms with Crippen LogP contribution in [0.4, 0.5) is 0 Å². The number of hydrogen-bond donors (Lipinski definition) is 2. The van der Waals surface area contributed by atoms with Crippen LogP contribution in [-0.4, -0.2) is 25.6 Å². The van der Waals surface area contributed by atoms with Crippen LogP contribution in [0.25, 0.3) is 22.3 Å². The van der Waals surface area contributed by atoms with E-state index in [4.69, 9.17) is 4.43 Å². The lowest BCUT2D eigenvalue weighted by molar-refractivity contribution is 0.403. The molecule has 38 heavy (non-hydrogen) atoms. The van der Waals surface area contributed by atoms with Crippen molar-refractivity contribution in [3.05, 3.63) is 69.8 Å². The highest BCUT2D eigenvalue weighted by Gasteiger charge is 2.29. The third-order valence-electron chi connectivity index (χ3n) is 8.74. The Kier molecular flexibility index (Phi) is 7.25. The second-order valence-corrected chi connectivity index (χ2v) is 17.4. The lowest BCUT2D eigenvalue weighted by atomic mass is 9.78. The molecule has 0 aromatic heterocycles. The number of phenols is 2. The number of benzene rings is 3. The third-order valence-corrected chi connectivity index (χ3v) is 11.1. The molecule has 3 aromatic rings. The predicted molar refractivity (Wildman–Crippen MR) is 161 cm³/mol. The molecular formula is C34H44O3Si. The van der Waals surface area contributed by atoms with Crippen LogP contribution < -0.4 is 0 Å². The predicted octanol–water partition coefficient (Wildman–Crippen LogP) is 8.42. The van der Waals surface area contributed by atoms with E-state index in [2.05, 4.69) is 64.2 Å². The van der Waals surface area contributed by atoms with Crippen LogP contribution >= 0.6 is 0 Å². The Labute approximate surface area is 230 Å². The summed E-state index contributed by atoms with van der Waals surface area (Å²) in [5.41, 5.74) is 11.3. The number of aromatic hydroxyl groups is 2. The van der Waals surface area contributed by atoms with Gasteiger partial charge in [-0.3, -0.25) is 0 Å². The lowest BCUT2D eigenvalue weighted by Gasteiger charge is -2.28. The molecule has 0 aliphatic heterocycles. The minimum atomic E-state index is -1.84. The van der Waals surface area contributed by atoms with Crippen molar-refractivity contribution in [2.45, 2.75) is 96.7 Å². The number of fused-ring (bicyclic) bond motifs is 2. The number of rotatable bonds is 5. The topological polar surface area (TPSA) is 49.7 Å². The van der Waals surface area contributed by atoms with Crippen LogP contribution in [0.1, 0.15) is 79.8 Å². The maximum absolute atomic E-state index is 12.1. The zero-order chi connectivity index (χ0) is 27.2. The molecule has 0 amide bonds. The summed E-state index contributed by atoms with van der Waals surface area (Å²) in [6.45, 7) is 11.3. The zero-order valence-electron chi connectivity index (χ0n) is 24.1. The lowest BCUT2D eigenvalue weighted by Crippen LogP contribution is -2.32. The van der Waals surface area contributed by atoms with Crippen molar-refractivity contribution >= 4 is 8.32 Å². The van der Waals surface area contributed by atoms with Gasteiger partial charge >= 0.3 is 0 Å². The van der Waals surface area contributed by atoms with Gasteiger partial charge in [0.25, 0.3) is 0 Å². The van der Waals surface area contributed by atoms with Crippen molar-refractivity contribution < 1.29 is 14.6 Å². The smallest absolute Gasteiger partial charge is 0.190 e. The van der Waals surface area contributed by atoms with Gasteiger partial charge in [-0.05, 0) is 127 Å². The fourth-order valence-corrected chi connectivity index (χ4v) is 7.76. The van der Waals surface area contributed by atoms with Crippen molar-refractivity contribution in [3.63, 3.8) is 0 Å². The first-order valence-corrected chi connectivity index (χ1v) is 17.5. The van der Waals surface area contributed by atoms with Crippen LogP contribution in [0.2, 0.25) is 13.1 Å². The first-order valence-electron chi connectivity index (χ1n) is 14.4. The Hall–Kier alpha value is -2.56. The van der Waals surface area contributed by atoms with Gasteiger partial charge in [0.2, 0.25) is 0 Å². The Bertz CT molecular complexity index is 1360. The standard InChI is InChI=1S/C34H44O3Si/c1-34(2,3)26-18-22(21-38(5,6)37-4)17-25(19-26)29-20-24-12-8-10-14-28(24)32(33(29)36)31-27-13-9-7-11-23(27)15-16-30(31)35/h15-20,35-36H,7-14,21H2,1-6H3. The average molecular weight is 529 g/mol. The summed E-state index contributed by atoms with van der Waals surface area (Å²) in [6, 6.07) is 13.9. The summed E-state index contributed by atoms with van der Waals surface area (Å²) >= 11 is 0. The van der Waals surface area contributed by atoms with E-state index in [-0.39, 0.29) is 5.41 Å². The maximum atomic E-state index is 12.1. The molecule has 4 heteroatoms. The molecular weight excluding hydrogens is 484 g/mol. The minimum Gasteiger partial charge on any atom is -0.507 e. The van der Waals surface area contributed by atoms with Crippen molar-refractivity contribution in [1.82, 2.24) is 0 Å². The van der Waals surface area contributed by atoms with E-state index in [1.54, 1.807) is 0 Å². The molecule has 5 rings (SSSR count). The molecule has 3 nitrogen and oxygen atoms in total. The Morgan fingerprint density at radius 1 is 0.789 bits per heavy atom. The molecule has 0 spiro atoms. The summed E-state index contributed by atoms with van der Waals surface area (Å²) in [4.78, 5) is 0. The molecule has 0 saturated carbocycles. The van der Waals surface area contributed by atoms with Gasteiger partial charge in [-0.2, -0.15) is 0 Å². The molecule has 3 aromatic carbocycles. The van der Waals surface area contributed by atoms with Crippen LogP contribution in [-0.2, 0) is 41.6 Å². The van der Waals surface area contributed by atoms with Crippen molar-refractivity contribution in [3.8, 4) is 33.8 Å². The van der Waals surface area contributed by atoms with E-state index in [0.29, 0.717) is 11.5 Å². The minimum absolute atomic E-state index is 0.0209. The van der Waals surface area contributed by atoms with Crippen LogP contribution in [0, 0.1) is 0 Å². The van der Waals surface area contributed by atoms with E-state index in [9.17, 15) is 10.2 Å². The molecule has 0 radical (unpaired) electrons. The first-order chi connectivity index (χ1) is 18.0. The highest BCUT2D eigenvalue weighted by atomic mass is 28.4. The molecule has 2 aliphatic rings. The molecule has 0 saturated heterocycles. The highest BCUT2D eigenvalue weighted by Crippen LogP contribution is 2.50. The summed E-state index contributed by atoms with van der Waals surface area (Å²) < 4.78 is 5.92. The van der Waals surface area contributed by atoms with E-state index >= 15 is 0 Å². The fraction of sp³-hybridized carbons (Fsp3) is 0.471. The number of hydrogen-bond acceptors (Lipinski definition) is 3. The van der Waals surface area contributed by atoms with Crippen LogP contribution in [0.15, 0.2) is 36.4 Å². The number of phenolic OH excluding ortho intramolecular Hbond substituents is 2. The maximum Gasteiger partial charge on any atom is 0.190 e. The van der Waals surface area contributed by atoms with Gasteiger partial charge in [-0.1, -0.05) is 45.0 Å². The van der Waals surface area contributed by atoms with E-state index < -0.39 is 8.32 Å². The second-order valence-electron chi connectivity index (χ2n) is 13.1. The van der Waals surface area contributed by atoms with Gasteiger partial charge in [0.05, 0.1) is 0 Å². The van der Waals surface area contributed by atoms with Crippen molar-refractivity contribution in [2.75, 3.05) is 7.11 Å². The molecule has 0 atom stereocenters. The summed E-state index contributed by atoms with van der Waals surface area (Å²) in [6.07, 6.45) is 8.56.